The average molecular weight is 894 g/mol. The van der Waals surface area contributed by atoms with Crippen molar-refractivity contribution in [2.45, 2.75) is 18.8 Å². The number of carbonyl (C=O) groups is 4. The van der Waals surface area contributed by atoms with E-state index in [1.165, 1.54) is 47.4 Å². The standard InChI is InChI=1S/C37H33BrN8O14/c1-39(2)31-23(43(52)53)10-16(11-24(31)44(54)55)41-34(48)19-7-6-18-20(29(19)36(41)50)14-21-30(28(18)15-8-22(38)33(47)27(9-15)60-5)37(51)42(35(21)49)17-12-25(45(56)57)32(40(3)4)26(13-17)46(58)59/h6,8-13,19-21,28-30,47H,7,14H2,1-5H3/t19-,20+,21+,28-,29-,30+/m0/s1. The number of nitro groups is 4. The number of rotatable bonds is 10. The molecule has 3 aromatic carbocycles. The molecule has 23 heteroatoms. The summed E-state index contributed by atoms with van der Waals surface area (Å²) in [7, 11) is 6.70. The molecule has 0 bridgehead atoms. The lowest BCUT2D eigenvalue weighted by molar-refractivity contribution is -0.392. The highest BCUT2D eigenvalue weighted by Gasteiger charge is 2.63. The first-order valence-corrected chi connectivity index (χ1v) is 18.8. The Kier molecular flexibility index (Phi) is 10.0. The van der Waals surface area contributed by atoms with Gasteiger partial charge in [-0.15, -0.1) is 0 Å². The molecular weight excluding hydrogens is 860 g/mol. The molecule has 2 saturated heterocycles. The van der Waals surface area contributed by atoms with Crippen molar-refractivity contribution < 1.29 is 48.7 Å². The van der Waals surface area contributed by atoms with E-state index in [4.69, 9.17) is 4.74 Å². The van der Waals surface area contributed by atoms with Crippen LogP contribution >= 0.6 is 15.9 Å². The monoisotopic (exact) mass is 892 g/mol. The maximum Gasteiger partial charge on any atom is 0.301 e. The Morgan fingerprint density at radius 3 is 1.52 bits per heavy atom. The van der Waals surface area contributed by atoms with Crippen LogP contribution < -0.4 is 24.3 Å². The molecular formula is C37H33BrN8O14. The number of phenols is 1. The summed E-state index contributed by atoms with van der Waals surface area (Å²) in [6, 6.07) is 6.50. The Balaban J connectivity index is 1.39. The Labute approximate surface area is 346 Å². The number of methoxy groups -OCH3 is 1. The number of imide groups is 2. The van der Waals surface area contributed by atoms with Crippen LogP contribution in [-0.4, -0.2) is 83.7 Å². The molecule has 0 unspecified atom stereocenters. The molecule has 312 valence electrons. The zero-order chi connectivity index (χ0) is 44.0. The number of amides is 4. The molecule has 7 rings (SSSR count). The maximum atomic E-state index is 14.7. The first-order valence-electron chi connectivity index (χ1n) is 18.0. The largest absolute Gasteiger partial charge is 0.503 e. The molecule has 22 nitrogen and oxygen atoms in total. The Morgan fingerprint density at radius 2 is 1.10 bits per heavy atom. The van der Waals surface area contributed by atoms with Gasteiger partial charge in [-0.3, -0.25) is 59.6 Å². The van der Waals surface area contributed by atoms with Crippen molar-refractivity contribution in [2.75, 3.05) is 54.9 Å². The van der Waals surface area contributed by atoms with Crippen LogP contribution in [0.5, 0.6) is 11.5 Å². The van der Waals surface area contributed by atoms with Gasteiger partial charge >= 0.3 is 22.7 Å². The van der Waals surface area contributed by atoms with E-state index in [2.05, 4.69) is 15.9 Å². The Hall–Kier alpha value is -7.04. The van der Waals surface area contributed by atoms with E-state index in [9.17, 15) is 64.7 Å². The lowest BCUT2D eigenvalue weighted by Gasteiger charge is -2.44. The van der Waals surface area contributed by atoms with E-state index in [-0.39, 0.29) is 40.2 Å². The van der Waals surface area contributed by atoms with E-state index in [0.717, 1.165) is 34.1 Å². The van der Waals surface area contributed by atoms with Gasteiger partial charge in [-0.2, -0.15) is 0 Å². The second-order valence-electron chi connectivity index (χ2n) is 15.1. The fourth-order valence-electron chi connectivity index (χ4n) is 9.31. The molecule has 6 atom stereocenters. The van der Waals surface area contributed by atoms with Crippen molar-refractivity contribution in [3.8, 4) is 11.5 Å². The van der Waals surface area contributed by atoms with Crippen molar-refractivity contribution in [3.05, 3.63) is 98.5 Å². The van der Waals surface area contributed by atoms with Gasteiger partial charge in [0, 0.05) is 58.4 Å². The predicted molar refractivity (Wildman–Crippen MR) is 213 cm³/mol. The quantitative estimate of drug-likeness (QED) is 0.122. The van der Waals surface area contributed by atoms with Crippen LogP contribution in [0.25, 0.3) is 0 Å². The van der Waals surface area contributed by atoms with E-state index in [1.807, 2.05) is 0 Å². The molecule has 3 aromatic rings. The highest BCUT2D eigenvalue weighted by atomic mass is 79.9. The number of benzene rings is 3. The number of fused-ring (bicyclic) bond motifs is 4. The number of aromatic hydroxyl groups is 1. The van der Waals surface area contributed by atoms with Crippen molar-refractivity contribution in [1.82, 2.24) is 0 Å². The Morgan fingerprint density at radius 1 is 0.667 bits per heavy atom. The second-order valence-corrected chi connectivity index (χ2v) is 15.9. The van der Waals surface area contributed by atoms with Gasteiger partial charge in [0.2, 0.25) is 23.6 Å². The van der Waals surface area contributed by atoms with Gasteiger partial charge < -0.3 is 19.6 Å². The molecule has 2 heterocycles. The van der Waals surface area contributed by atoms with E-state index >= 15 is 0 Å². The number of nitrogens with zero attached hydrogens (tertiary/aromatic N) is 8. The Bertz CT molecular complexity index is 2470. The van der Waals surface area contributed by atoms with Crippen molar-refractivity contribution in [2.24, 2.45) is 29.6 Å². The number of anilines is 4. The third-order valence-electron chi connectivity index (χ3n) is 11.6. The summed E-state index contributed by atoms with van der Waals surface area (Å²) < 4.78 is 5.52. The van der Waals surface area contributed by atoms with Gasteiger partial charge in [-0.25, -0.2) is 9.80 Å². The van der Waals surface area contributed by atoms with Crippen LogP contribution in [0.15, 0.2) is 52.5 Å². The van der Waals surface area contributed by atoms with Crippen LogP contribution in [0.3, 0.4) is 0 Å². The summed E-state index contributed by atoms with van der Waals surface area (Å²) in [6.45, 7) is 0. The lowest BCUT2D eigenvalue weighted by atomic mass is 9.57. The zero-order valence-electron chi connectivity index (χ0n) is 32.1. The summed E-state index contributed by atoms with van der Waals surface area (Å²) in [5.74, 6) is -10.6. The minimum Gasteiger partial charge on any atom is -0.503 e. The summed E-state index contributed by atoms with van der Waals surface area (Å²) in [6.07, 6.45) is 1.35. The number of carbonyl (C=O) groups excluding carboxylic acids is 4. The number of phenolic OH excluding ortho intramolecular Hbond substituents is 1. The molecule has 2 aliphatic carbocycles. The molecule has 0 aromatic heterocycles. The molecule has 4 amide bonds. The minimum atomic E-state index is -1.27. The first-order chi connectivity index (χ1) is 28.2. The van der Waals surface area contributed by atoms with Gasteiger partial charge in [0.1, 0.15) is 0 Å². The van der Waals surface area contributed by atoms with Crippen molar-refractivity contribution in [3.63, 3.8) is 0 Å². The van der Waals surface area contributed by atoms with Gasteiger partial charge in [0.05, 0.1) is 66.3 Å². The predicted octanol–water partition coefficient (Wildman–Crippen LogP) is 4.97. The third-order valence-corrected chi connectivity index (χ3v) is 12.2. The van der Waals surface area contributed by atoms with Gasteiger partial charge in [0.15, 0.2) is 22.9 Å². The molecule has 3 fully saturated rings. The van der Waals surface area contributed by atoms with E-state index < -0.39 is 113 Å². The highest BCUT2D eigenvalue weighted by molar-refractivity contribution is 9.10. The second kappa shape index (κ2) is 14.7. The third kappa shape index (κ3) is 6.14. The summed E-state index contributed by atoms with van der Waals surface area (Å²) in [5.41, 5.74) is -3.81. The summed E-state index contributed by atoms with van der Waals surface area (Å²) >= 11 is 3.30. The van der Waals surface area contributed by atoms with E-state index in [0.29, 0.717) is 20.9 Å². The van der Waals surface area contributed by atoms with Crippen LogP contribution in [-0.2, 0) is 19.2 Å². The number of hydrogen-bond donors (Lipinski definition) is 1. The molecule has 4 aliphatic rings. The number of ether oxygens (including phenoxy) is 1. The summed E-state index contributed by atoms with van der Waals surface area (Å²) in [5, 5.41) is 59.5. The smallest absolute Gasteiger partial charge is 0.301 e. The number of nitro benzene ring substituents is 4. The fourth-order valence-corrected chi connectivity index (χ4v) is 9.77. The molecule has 60 heavy (non-hydrogen) atoms. The van der Waals surface area contributed by atoms with Crippen LogP contribution in [0.1, 0.15) is 24.3 Å². The summed E-state index contributed by atoms with van der Waals surface area (Å²) in [4.78, 5) is 107. The molecule has 0 spiro atoms. The normalized spacial score (nSPS) is 23.1. The van der Waals surface area contributed by atoms with Crippen LogP contribution in [0, 0.1) is 70.0 Å². The fraction of sp³-hybridized carbons (Fsp3) is 0.351. The maximum absolute atomic E-state index is 14.7. The van der Waals surface area contributed by atoms with Crippen molar-refractivity contribution >= 4 is 85.1 Å². The zero-order valence-corrected chi connectivity index (χ0v) is 33.7. The number of hydrogen-bond acceptors (Lipinski definition) is 16. The lowest BCUT2D eigenvalue weighted by Crippen LogP contribution is -2.43. The van der Waals surface area contributed by atoms with Crippen LogP contribution in [0.4, 0.5) is 45.5 Å². The molecule has 0 radical (unpaired) electrons. The molecule has 2 aliphatic heterocycles. The van der Waals surface area contributed by atoms with Crippen LogP contribution in [0.2, 0.25) is 0 Å². The minimum absolute atomic E-state index is 0.0332. The molecule has 1 saturated carbocycles. The van der Waals surface area contributed by atoms with Gasteiger partial charge in [-0.05, 0) is 52.4 Å². The van der Waals surface area contributed by atoms with E-state index in [1.54, 1.807) is 6.08 Å². The van der Waals surface area contributed by atoms with Gasteiger partial charge in [-0.1, -0.05) is 11.6 Å². The topological polar surface area (TPSA) is 283 Å². The van der Waals surface area contributed by atoms with Gasteiger partial charge in [0.25, 0.3) is 0 Å². The van der Waals surface area contributed by atoms with Crippen molar-refractivity contribution in [1.29, 1.82) is 0 Å². The number of halogens is 1. The first kappa shape index (κ1) is 41.1. The number of allylic oxidation sites excluding steroid dienone is 2. The highest BCUT2D eigenvalue weighted by Crippen LogP contribution is 2.60. The SMILES string of the molecule is COc1cc([C@H]2C3=CC[C@@H]4C(=O)N(c5cc([N+](=O)[O-])c(N(C)C)c([N+](=O)[O-])c5)C(=O)[C@@H]4[C@@H]3C[C@H]3C(=O)N(c4cc([N+](=O)[O-])c(N(C)C)c([N+](=O)[O-])c4)C(=O)[C@@H]23)cc(Br)c1O. The average Bonchev–Trinajstić information content (AvgIpc) is 3.59. The molecule has 1 N–H and O–H groups in total.